The highest BCUT2D eigenvalue weighted by atomic mass is 16.5. The second-order valence-corrected chi connectivity index (χ2v) is 11.3. The van der Waals surface area contributed by atoms with E-state index in [0.717, 1.165) is 45.0 Å². The van der Waals surface area contributed by atoms with Crippen LogP contribution in [-0.2, 0) is 18.3 Å². The van der Waals surface area contributed by atoms with E-state index in [9.17, 15) is 9.59 Å². The molecule has 0 bridgehead atoms. The molecule has 0 saturated carbocycles. The van der Waals surface area contributed by atoms with E-state index < -0.39 is 11.9 Å². The normalized spacial score (nSPS) is 14.1. The van der Waals surface area contributed by atoms with Crippen molar-refractivity contribution in [3.8, 4) is 17.5 Å². The summed E-state index contributed by atoms with van der Waals surface area (Å²) in [5, 5.41) is 11.9. The van der Waals surface area contributed by atoms with E-state index in [4.69, 9.17) is 15.5 Å². The van der Waals surface area contributed by atoms with Crippen molar-refractivity contribution in [2.24, 2.45) is 12.0 Å². The minimum Gasteiger partial charge on any atom is -0.381 e. The first-order chi connectivity index (χ1) is 23.3. The minimum atomic E-state index is -0.719. The summed E-state index contributed by atoms with van der Waals surface area (Å²) in [4.78, 5) is 39.4. The maximum absolute atomic E-state index is 14.4. The number of anilines is 1. The van der Waals surface area contributed by atoms with E-state index in [0.29, 0.717) is 28.0 Å². The summed E-state index contributed by atoms with van der Waals surface area (Å²) in [5.74, 6) is 6.47. The van der Waals surface area contributed by atoms with Crippen LogP contribution in [0.2, 0.25) is 0 Å². The van der Waals surface area contributed by atoms with E-state index in [1.165, 1.54) is 21.5 Å². The molecular formula is C35H36N10O3. The maximum atomic E-state index is 14.4. The number of rotatable bonds is 9. The van der Waals surface area contributed by atoms with Crippen molar-refractivity contribution in [3.05, 3.63) is 106 Å². The van der Waals surface area contributed by atoms with E-state index in [-0.39, 0.29) is 22.8 Å². The summed E-state index contributed by atoms with van der Waals surface area (Å²) in [7, 11) is 1.64. The van der Waals surface area contributed by atoms with Crippen molar-refractivity contribution in [2.45, 2.75) is 19.5 Å². The molecule has 1 fully saturated rings. The second-order valence-electron chi connectivity index (χ2n) is 11.3. The summed E-state index contributed by atoms with van der Waals surface area (Å²) in [5.41, 5.74) is 8.21. The Morgan fingerprint density at radius 3 is 2.71 bits per heavy atom. The van der Waals surface area contributed by atoms with Crippen LogP contribution < -0.4 is 16.6 Å². The number of aryl methyl sites for hydroxylation is 1. The standard InChI is InChI=1S/C35H36N10O3/c1-4-15-37-33-30(31(36)41-42(33)3)34(46)39-24(2)32-40-28-12-8-9-26(29(28)35(47)45(32)27-10-6-5-7-11-27)14-13-25-22-38-44(23-25)17-16-43-18-20-48-21-19-43/h4-12,15,22-24H,1,16-21H2,2-3H3,(H2,36,41)(H,39,46)/b37-15-. The highest BCUT2D eigenvalue weighted by molar-refractivity contribution is 6.03. The Morgan fingerprint density at radius 1 is 1.15 bits per heavy atom. The number of nitrogens with one attached hydrogen (secondary N) is 1. The van der Waals surface area contributed by atoms with Gasteiger partial charge in [-0.2, -0.15) is 10.2 Å². The van der Waals surface area contributed by atoms with Gasteiger partial charge in [0.15, 0.2) is 11.6 Å². The van der Waals surface area contributed by atoms with E-state index in [2.05, 4.69) is 43.8 Å². The molecule has 0 radical (unpaired) electrons. The number of aromatic nitrogens is 6. The van der Waals surface area contributed by atoms with Crippen molar-refractivity contribution in [3.63, 3.8) is 0 Å². The van der Waals surface area contributed by atoms with Crippen LogP contribution >= 0.6 is 0 Å². The number of hydrogen-bond donors (Lipinski definition) is 2. The van der Waals surface area contributed by atoms with Gasteiger partial charge in [-0.05, 0) is 31.2 Å². The number of carbonyl (C=O) groups excluding carboxylic acids is 1. The largest absolute Gasteiger partial charge is 0.381 e. The van der Waals surface area contributed by atoms with Crippen LogP contribution in [0.25, 0.3) is 16.6 Å². The molecule has 3 N–H and O–H groups in total. The SMILES string of the molecule is C=C/C=N\c1c(C(=O)NC(C)c2nc3cccc(C#Cc4cnn(CCN5CCOCC5)c4)c3c(=O)n2-c2ccccc2)c(N)nn1C. The second kappa shape index (κ2) is 14.3. The van der Waals surface area contributed by atoms with Crippen LogP contribution in [0.1, 0.15) is 40.3 Å². The van der Waals surface area contributed by atoms with Gasteiger partial charge >= 0.3 is 0 Å². The number of nitrogens with two attached hydrogens (primary N) is 1. The van der Waals surface area contributed by atoms with Gasteiger partial charge < -0.3 is 15.8 Å². The molecule has 1 aliphatic rings. The van der Waals surface area contributed by atoms with Gasteiger partial charge in [0.05, 0.1) is 54.2 Å². The number of allylic oxidation sites excluding steroid dienone is 1. The van der Waals surface area contributed by atoms with Gasteiger partial charge in [0.25, 0.3) is 11.5 Å². The van der Waals surface area contributed by atoms with Gasteiger partial charge in [0.1, 0.15) is 11.4 Å². The molecule has 0 aliphatic carbocycles. The highest BCUT2D eigenvalue weighted by Gasteiger charge is 2.25. The number of hydrogen-bond acceptors (Lipinski definition) is 9. The molecule has 13 nitrogen and oxygen atoms in total. The predicted molar refractivity (Wildman–Crippen MR) is 185 cm³/mol. The molecule has 244 valence electrons. The molecule has 1 saturated heterocycles. The van der Waals surface area contributed by atoms with Crippen molar-refractivity contribution in [2.75, 3.05) is 38.6 Å². The monoisotopic (exact) mass is 644 g/mol. The molecule has 1 unspecified atom stereocenters. The molecule has 1 aliphatic heterocycles. The topological polar surface area (TPSA) is 150 Å². The van der Waals surface area contributed by atoms with Crippen LogP contribution in [0.3, 0.4) is 0 Å². The summed E-state index contributed by atoms with van der Waals surface area (Å²) in [6.45, 7) is 10.4. The number of ether oxygens (including phenoxy) is 1. The van der Waals surface area contributed by atoms with Gasteiger partial charge in [0, 0.05) is 44.7 Å². The van der Waals surface area contributed by atoms with Crippen LogP contribution in [0.4, 0.5) is 11.6 Å². The zero-order chi connectivity index (χ0) is 33.6. The number of nitrogen functional groups attached to an aromatic ring is 1. The lowest BCUT2D eigenvalue weighted by Crippen LogP contribution is -2.38. The summed E-state index contributed by atoms with van der Waals surface area (Å²) < 4.78 is 10.2. The average molecular weight is 645 g/mol. The zero-order valence-corrected chi connectivity index (χ0v) is 26.8. The van der Waals surface area contributed by atoms with Crippen LogP contribution in [-0.4, -0.2) is 79.0 Å². The number of morpholine rings is 1. The Morgan fingerprint density at radius 2 is 1.94 bits per heavy atom. The quantitative estimate of drug-likeness (QED) is 0.184. The van der Waals surface area contributed by atoms with Gasteiger partial charge in [-0.1, -0.05) is 48.8 Å². The Labute approximate surface area is 277 Å². The maximum Gasteiger partial charge on any atom is 0.267 e. The number of benzene rings is 2. The molecule has 13 heteroatoms. The summed E-state index contributed by atoms with van der Waals surface area (Å²) in [6, 6.07) is 13.8. The first-order valence-corrected chi connectivity index (χ1v) is 15.6. The zero-order valence-electron chi connectivity index (χ0n) is 26.8. The number of aliphatic imine (C=N–C) groups is 1. The lowest BCUT2D eigenvalue weighted by atomic mass is 10.1. The van der Waals surface area contributed by atoms with E-state index in [1.807, 2.05) is 47.3 Å². The molecular weight excluding hydrogens is 608 g/mol. The molecule has 2 aromatic carbocycles. The van der Waals surface area contributed by atoms with Crippen molar-refractivity contribution in [1.29, 1.82) is 0 Å². The number of fused-ring (bicyclic) bond motifs is 1. The number of para-hydroxylation sites is 1. The number of amides is 1. The first-order valence-electron chi connectivity index (χ1n) is 15.6. The van der Waals surface area contributed by atoms with Crippen LogP contribution in [0.15, 0.2) is 83.4 Å². The van der Waals surface area contributed by atoms with Gasteiger partial charge in [0.2, 0.25) is 0 Å². The minimum absolute atomic E-state index is 0.0243. The fourth-order valence-corrected chi connectivity index (χ4v) is 5.59. The van der Waals surface area contributed by atoms with Gasteiger partial charge in [-0.3, -0.25) is 23.7 Å². The van der Waals surface area contributed by atoms with Crippen LogP contribution in [0.5, 0.6) is 0 Å². The molecule has 4 heterocycles. The Kier molecular flexibility index (Phi) is 9.56. The van der Waals surface area contributed by atoms with Crippen molar-refractivity contribution < 1.29 is 9.53 Å². The molecule has 0 spiro atoms. The van der Waals surface area contributed by atoms with Gasteiger partial charge in [-0.15, -0.1) is 0 Å². The third kappa shape index (κ3) is 6.80. The average Bonchev–Trinajstić information content (AvgIpc) is 3.68. The Hall–Kier alpha value is -5.84. The molecule has 1 atom stereocenters. The van der Waals surface area contributed by atoms with Crippen LogP contribution in [0, 0.1) is 11.8 Å². The molecule has 5 aromatic rings. The van der Waals surface area contributed by atoms with Gasteiger partial charge in [-0.25, -0.2) is 14.7 Å². The molecule has 6 rings (SSSR count). The third-order valence-electron chi connectivity index (χ3n) is 7.97. The third-order valence-corrected chi connectivity index (χ3v) is 7.97. The Bertz CT molecular complexity index is 2110. The molecule has 48 heavy (non-hydrogen) atoms. The molecule has 1 amide bonds. The van der Waals surface area contributed by atoms with Crippen molar-refractivity contribution in [1.82, 2.24) is 39.3 Å². The summed E-state index contributed by atoms with van der Waals surface area (Å²) >= 11 is 0. The fraction of sp³-hybridized carbons (Fsp3) is 0.257. The lowest BCUT2D eigenvalue weighted by molar-refractivity contribution is 0.0359. The van der Waals surface area contributed by atoms with Crippen molar-refractivity contribution >= 4 is 34.7 Å². The fourth-order valence-electron chi connectivity index (χ4n) is 5.59. The smallest absolute Gasteiger partial charge is 0.267 e. The Balaban J connectivity index is 1.34. The highest BCUT2D eigenvalue weighted by Crippen LogP contribution is 2.26. The van der Waals surface area contributed by atoms with E-state index >= 15 is 0 Å². The molecule has 3 aromatic heterocycles. The predicted octanol–water partition coefficient (Wildman–Crippen LogP) is 3.01. The lowest BCUT2D eigenvalue weighted by Gasteiger charge is -2.26. The first kappa shape index (κ1) is 32.1. The summed E-state index contributed by atoms with van der Waals surface area (Å²) in [6.07, 6.45) is 6.58. The number of carbonyl (C=O) groups is 1. The van der Waals surface area contributed by atoms with E-state index in [1.54, 1.807) is 32.3 Å². The number of nitrogens with zero attached hydrogens (tertiary/aromatic N) is 8.